The maximum absolute atomic E-state index is 13.1. The predicted octanol–water partition coefficient (Wildman–Crippen LogP) is 3.73. The third kappa shape index (κ3) is 4.08. The Morgan fingerprint density at radius 3 is 2.47 bits per heavy atom. The van der Waals surface area contributed by atoms with Crippen molar-refractivity contribution in [3.8, 4) is 0 Å². The summed E-state index contributed by atoms with van der Waals surface area (Å²) in [4.78, 5) is 23.6. The number of halogens is 1. The Morgan fingerprint density at radius 2 is 1.79 bits per heavy atom. The highest BCUT2D eigenvalue weighted by Gasteiger charge is 2.53. The van der Waals surface area contributed by atoms with Gasteiger partial charge in [0.15, 0.2) is 0 Å². The van der Waals surface area contributed by atoms with Gasteiger partial charge in [-0.25, -0.2) is 14.4 Å². The van der Waals surface area contributed by atoms with Crippen LogP contribution in [0.2, 0.25) is 0 Å². The minimum atomic E-state index is -0.358. The molecule has 0 spiro atoms. The summed E-state index contributed by atoms with van der Waals surface area (Å²) in [5.41, 5.74) is 2.80. The maximum atomic E-state index is 13.1. The summed E-state index contributed by atoms with van der Waals surface area (Å²) < 4.78 is 13.1. The molecule has 1 aromatic heterocycles. The molecule has 4 aliphatic carbocycles. The number of hydrogen-bond acceptors (Lipinski definition) is 5. The summed E-state index contributed by atoms with van der Waals surface area (Å²) in [5.74, 6) is 2.94. The van der Waals surface area contributed by atoms with Gasteiger partial charge in [0, 0.05) is 18.7 Å². The molecule has 2 N–H and O–H groups in total. The molecule has 34 heavy (non-hydrogen) atoms. The molecule has 0 radical (unpaired) electrons. The molecule has 1 unspecified atom stereocenters. The van der Waals surface area contributed by atoms with Crippen molar-refractivity contribution in [3.05, 3.63) is 53.2 Å². The Bertz CT molecular complexity index is 1040. The van der Waals surface area contributed by atoms with Crippen LogP contribution < -0.4 is 5.32 Å². The summed E-state index contributed by atoms with van der Waals surface area (Å²) >= 11 is 0. The van der Waals surface area contributed by atoms with E-state index in [0.29, 0.717) is 26.1 Å². The summed E-state index contributed by atoms with van der Waals surface area (Å²) in [5, 5.41) is 14.7. The molecule has 2 aromatic rings. The van der Waals surface area contributed by atoms with E-state index >= 15 is 0 Å². The second-order valence-electron chi connectivity index (χ2n) is 11.2. The number of aromatic nitrogens is 2. The molecule has 1 aliphatic heterocycles. The number of amides is 1. The van der Waals surface area contributed by atoms with E-state index in [4.69, 9.17) is 0 Å². The van der Waals surface area contributed by atoms with Crippen LogP contribution in [-0.2, 0) is 24.2 Å². The standard InChI is InChI=1S/C27H33FN4O2/c28-21-3-1-17(2-4-21)10-25(34)32-6-5-22-23(15-32)30-16-31-26(22)29-14-24(33)27-11-18-7-19(12-27)9-20(8-18)13-27/h1-4,16,18-20,24,33H,5-15H2,(H,29,30,31). The molecule has 4 fully saturated rings. The fraction of sp³-hybridized carbons (Fsp3) is 0.593. The molecular weight excluding hydrogens is 431 g/mol. The van der Waals surface area contributed by atoms with Gasteiger partial charge in [0.1, 0.15) is 18.0 Å². The van der Waals surface area contributed by atoms with E-state index in [0.717, 1.165) is 40.4 Å². The first-order valence-corrected chi connectivity index (χ1v) is 12.7. The molecule has 4 saturated carbocycles. The van der Waals surface area contributed by atoms with Crippen LogP contribution in [0.1, 0.15) is 55.3 Å². The molecule has 6 nitrogen and oxygen atoms in total. The number of anilines is 1. The maximum Gasteiger partial charge on any atom is 0.227 e. The normalized spacial score (nSPS) is 30.2. The molecule has 1 amide bonds. The lowest BCUT2D eigenvalue weighted by Gasteiger charge is -2.58. The van der Waals surface area contributed by atoms with Crippen LogP contribution in [0.3, 0.4) is 0 Å². The van der Waals surface area contributed by atoms with E-state index in [2.05, 4.69) is 15.3 Å². The van der Waals surface area contributed by atoms with Crippen molar-refractivity contribution < 1.29 is 14.3 Å². The van der Waals surface area contributed by atoms with Crippen molar-refractivity contribution in [2.24, 2.45) is 23.2 Å². The number of nitrogens with zero attached hydrogens (tertiary/aromatic N) is 3. The molecule has 7 rings (SSSR count). The van der Waals surface area contributed by atoms with Gasteiger partial charge >= 0.3 is 0 Å². The van der Waals surface area contributed by atoms with Crippen molar-refractivity contribution in [1.29, 1.82) is 0 Å². The van der Waals surface area contributed by atoms with Crippen molar-refractivity contribution in [2.45, 2.75) is 64.0 Å². The SMILES string of the molecule is O=C(Cc1ccc(F)cc1)N1CCc2c(ncnc2NCC(O)C23CC4CC(CC(C4)C2)C3)C1. The lowest BCUT2D eigenvalue weighted by atomic mass is 9.48. The van der Waals surface area contributed by atoms with E-state index < -0.39 is 0 Å². The van der Waals surface area contributed by atoms with Gasteiger partial charge in [0.05, 0.1) is 24.8 Å². The second-order valence-corrected chi connectivity index (χ2v) is 11.2. The number of carbonyl (C=O) groups is 1. The van der Waals surface area contributed by atoms with Crippen LogP contribution in [-0.4, -0.2) is 45.1 Å². The van der Waals surface area contributed by atoms with Crippen molar-refractivity contribution in [1.82, 2.24) is 14.9 Å². The molecule has 5 aliphatic rings. The minimum Gasteiger partial charge on any atom is -0.391 e. The fourth-order valence-electron chi connectivity index (χ4n) is 7.60. The molecule has 1 aromatic carbocycles. The molecule has 4 bridgehead atoms. The molecule has 7 heteroatoms. The zero-order valence-corrected chi connectivity index (χ0v) is 19.5. The van der Waals surface area contributed by atoms with Gasteiger partial charge < -0.3 is 15.3 Å². The number of rotatable bonds is 6. The molecular formula is C27H33FN4O2. The number of benzene rings is 1. The summed E-state index contributed by atoms with van der Waals surface area (Å²) in [7, 11) is 0. The fourth-order valence-corrected chi connectivity index (χ4v) is 7.60. The van der Waals surface area contributed by atoms with Gasteiger partial charge in [-0.2, -0.15) is 0 Å². The number of hydrogen-bond donors (Lipinski definition) is 2. The van der Waals surface area contributed by atoms with Crippen molar-refractivity contribution in [3.63, 3.8) is 0 Å². The van der Waals surface area contributed by atoms with Gasteiger partial charge in [0.25, 0.3) is 0 Å². The Labute approximate surface area is 200 Å². The topological polar surface area (TPSA) is 78.4 Å². The minimum absolute atomic E-state index is 0.0163. The zero-order chi connectivity index (χ0) is 23.3. The van der Waals surface area contributed by atoms with Crippen LogP contribution in [0.4, 0.5) is 10.2 Å². The van der Waals surface area contributed by atoms with Gasteiger partial charge in [-0.05, 0) is 85.8 Å². The van der Waals surface area contributed by atoms with Crippen LogP contribution in [0, 0.1) is 29.0 Å². The molecule has 2 heterocycles. The van der Waals surface area contributed by atoms with Crippen LogP contribution in [0.25, 0.3) is 0 Å². The number of nitrogens with one attached hydrogen (secondary N) is 1. The van der Waals surface area contributed by atoms with Crippen LogP contribution in [0.15, 0.2) is 30.6 Å². The van der Waals surface area contributed by atoms with Gasteiger partial charge in [-0.3, -0.25) is 4.79 Å². The van der Waals surface area contributed by atoms with Crippen molar-refractivity contribution >= 4 is 11.7 Å². The highest BCUT2D eigenvalue weighted by atomic mass is 19.1. The van der Waals surface area contributed by atoms with Crippen LogP contribution >= 0.6 is 0 Å². The van der Waals surface area contributed by atoms with E-state index in [1.165, 1.54) is 50.7 Å². The van der Waals surface area contributed by atoms with E-state index in [-0.39, 0.29) is 29.7 Å². The first-order chi connectivity index (χ1) is 16.5. The van der Waals surface area contributed by atoms with Crippen LogP contribution in [0.5, 0.6) is 0 Å². The zero-order valence-electron chi connectivity index (χ0n) is 19.5. The largest absolute Gasteiger partial charge is 0.391 e. The number of fused-ring (bicyclic) bond motifs is 1. The third-order valence-corrected chi connectivity index (χ3v) is 8.88. The lowest BCUT2D eigenvalue weighted by molar-refractivity contribution is -0.131. The number of carbonyl (C=O) groups excluding carboxylic acids is 1. The quantitative estimate of drug-likeness (QED) is 0.681. The summed E-state index contributed by atoms with van der Waals surface area (Å²) in [6.07, 6.45) is 9.76. The van der Waals surface area contributed by atoms with Gasteiger partial charge in [-0.1, -0.05) is 12.1 Å². The Balaban J connectivity index is 1.10. The summed E-state index contributed by atoms with van der Waals surface area (Å²) in [6.45, 7) is 1.57. The number of aliphatic hydroxyl groups excluding tert-OH is 1. The highest BCUT2D eigenvalue weighted by molar-refractivity contribution is 5.79. The molecule has 0 saturated heterocycles. The first-order valence-electron chi connectivity index (χ1n) is 12.7. The smallest absolute Gasteiger partial charge is 0.227 e. The monoisotopic (exact) mass is 464 g/mol. The van der Waals surface area contributed by atoms with E-state index in [9.17, 15) is 14.3 Å². The summed E-state index contributed by atoms with van der Waals surface area (Å²) in [6, 6.07) is 6.09. The molecule has 1 atom stereocenters. The second kappa shape index (κ2) is 8.59. The van der Waals surface area contributed by atoms with Crippen molar-refractivity contribution in [2.75, 3.05) is 18.4 Å². The lowest BCUT2D eigenvalue weighted by Crippen LogP contribution is -2.53. The Morgan fingerprint density at radius 1 is 1.12 bits per heavy atom. The van der Waals surface area contributed by atoms with E-state index in [1.54, 1.807) is 18.5 Å². The Kier molecular flexibility index (Phi) is 5.55. The average Bonchev–Trinajstić information content (AvgIpc) is 2.82. The predicted molar refractivity (Wildman–Crippen MR) is 126 cm³/mol. The highest BCUT2D eigenvalue weighted by Crippen LogP contribution is 2.61. The average molecular weight is 465 g/mol. The molecule has 180 valence electrons. The first kappa shape index (κ1) is 22.0. The number of aliphatic hydroxyl groups is 1. The van der Waals surface area contributed by atoms with Gasteiger partial charge in [0.2, 0.25) is 5.91 Å². The van der Waals surface area contributed by atoms with Gasteiger partial charge in [-0.15, -0.1) is 0 Å². The Hall–Kier alpha value is -2.54. The third-order valence-electron chi connectivity index (χ3n) is 8.88. The van der Waals surface area contributed by atoms with E-state index in [1.807, 2.05) is 4.90 Å².